The number of carbonyl (C=O) groups excluding carboxylic acids is 1. The number of anilines is 1. The molecule has 0 spiro atoms. The van der Waals surface area contributed by atoms with Crippen molar-refractivity contribution in [2.45, 2.75) is 38.6 Å². The third-order valence-electron chi connectivity index (χ3n) is 4.45. The molecule has 1 saturated carbocycles. The van der Waals surface area contributed by atoms with E-state index in [1.807, 2.05) is 24.3 Å². The number of hydrogen-bond donors (Lipinski definition) is 2. The molecule has 21 heavy (non-hydrogen) atoms. The number of nitrogen functional groups attached to an aromatic ring is 1. The van der Waals surface area contributed by atoms with Crippen LogP contribution < -0.4 is 11.1 Å². The van der Waals surface area contributed by atoms with Gasteiger partial charge in [0, 0.05) is 17.1 Å². The van der Waals surface area contributed by atoms with Gasteiger partial charge in [0.15, 0.2) is 0 Å². The quantitative estimate of drug-likeness (QED) is 0.909. The molecule has 3 rings (SSSR count). The van der Waals surface area contributed by atoms with Crippen LogP contribution >= 0.6 is 0 Å². The van der Waals surface area contributed by atoms with Gasteiger partial charge in [-0.2, -0.15) is 0 Å². The topological polar surface area (TPSA) is 68.0 Å². The van der Waals surface area contributed by atoms with Gasteiger partial charge >= 0.3 is 0 Å². The molecule has 4 heteroatoms. The number of nitrogens with one attached hydrogen (secondary N) is 1. The molecule has 4 nitrogen and oxygen atoms in total. The minimum atomic E-state index is -0.133. The number of nitrogens with zero attached hydrogens (tertiary/aromatic N) is 1. The van der Waals surface area contributed by atoms with Crippen molar-refractivity contribution in [1.29, 1.82) is 0 Å². The zero-order valence-corrected chi connectivity index (χ0v) is 12.3. The van der Waals surface area contributed by atoms with Crippen LogP contribution in [0, 0.1) is 5.92 Å². The third kappa shape index (κ3) is 2.84. The van der Waals surface area contributed by atoms with Crippen LogP contribution in [0.5, 0.6) is 0 Å². The molecule has 3 N–H and O–H groups in total. The summed E-state index contributed by atoms with van der Waals surface area (Å²) in [6, 6.07) is 9.47. The Morgan fingerprint density at radius 1 is 1.33 bits per heavy atom. The summed E-state index contributed by atoms with van der Waals surface area (Å²) >= 11 is 0. The Labute approximate surface area is 124 Å². The molecule has 110 valence electrons. The number of rotatable bonds is 3. The van der Waals surface area contributed by atoms with E-state index in [0.29, 0.717) is 17.3 Å². The van der Waals surface area contributed by atoms with Crippen LogP contribution in [-0.4, -0.2) is 16.9 Å². The van der Waals surface area contributed by atoms with Crippen molar-refractivity contribution in [3.63, 3.8) is 0 Å². The van der Waals surface area contributed by atoms with Crippen LogP contribution in [0.1, 0.15) is 43.1 Å². The molecule has 0 unspecified atom stereocenters. The van der Waals surface area contributed by atoms with Crippen LogP contribution in [-0.2, 0) is 0 Å². The summed E-state index contributed by atoms with van der Waals surface area (Å²) in [4.78, 5) is 16.8. The number of hydrogen-bond acceptors (Lipinski definition) is 3. The van der Waals surface area contributed by atoms with Crippen LogP contribution in [0.15, 0.2) is 30.3 Å². The maximum atomic E-state index is 12.4. The van der Waals surface area contributed by atoms with Crippen molar-refractivity contribution >= 4 is 22.5 Å². The molecule has 2 aromatic rings. The van der Waals surface area contributed by atoms with Gasteiger partial charge in [0.25, 0.3) is 5.91 Å². The van der Waals surface area contributed by atoms with Crippen molar-refractivity contribution in [2.75, 3.05) is 5.73 Å². The summed E-state index contributed by atoms with van der Waals surface area (Å²) in [6.45, 7) is 2.08. The van der Waals surface area contributed by atoms with Gasteiger partial charge in [-0.3, -0.25) is 4.79 Å². The van der Waals surface area contributed by atoms with Crippen molar-refractivity contribution in [3.8, 4) is 0 Å². The van der Waals surface area contributed by atoms with Gasteiger partial charge in [0.2, 0.25) is 0 Å². The lowest BCUT2D eigenvalue weighted by molar-refractivity contribution is 0.0922. The van der Waals surface area contributed by atoms with E-state index in [1.54, 1.807) is 6.07 Å². The van der Waals surface area contributed by atoms with E-state index >= 15 is 0 Å². The molecule has 1 atom stereocenters. The molecule has 1 aromatic heterocycles. The van der Waals surface area contributed by atoms with E-state index in [9.17, 15) is 4.79 Å². The van der Waals surface area contributed by atoms with E-state index < -0.39 is 0 Å². The summed E-state index contributed by atoms with van der Waals surface area (Å²) in [5.74, 6) is 0.457. The Bertz CT molecular complexity index is 662. The highest BCUT2D eigenvalue weighted by Crippen LogP contribution is 2.27. The van der Waals surface area contributed by atoms with E-state index in [1.165, 1.54) is 25.7 Å². The van der Waals surface area contributed by atoms with Gasteiger partial charge < -0.3 is 11.1 Å². The molecule has 1 amide bonds. The van der Waals surface area contributed by atoms with Crippen molar-refractivity contribution in [1.82, 2.24) is 10.3 Å². The van der Waals surface area contributed by atoms with Gasteiger partial charge in [-0.1, -0.05) is 31.0 Å². The Kier molecular flexibility index (Phi) is 3.78. The lowest BCUT2D eigenvalue weighted by atomic mass is 10.00. The number of pyridine rings is 1. The first-order chi connectivity index (χ1) is 10.1. The molecule has 0 radical (unpaired) electrons. The maximum Gasteiger partial charge on any atom is 0.270 e. The normalized spacial score (nSPS) is 17.0. The van der Waals surface area contributed by atoms with Gasteiger partial charge in [0.1, 0.15) is 5.69 Å². The Balaban J connectivity index is 1.81. The summed E-state index contributed by atoms with van der Waals surface area (Å²) < 4.78 is 0. The van der Waals surface area contributed by atoms with E-state index in [-0.39, 0.29) is 11.9 Å². The second-order valence-electron chi connectivity index (χ2n) is 5.92. The predicted molar refractivity (Wildman–Crippen MR) is 85.0 cm³/mol. The summed E-state index contributed by atoms with van der Waals surface area (Å²) in [5.41, 5.74) is 7.78. The fourth-order valence-electron chi connectivity index (χ4n) is 3.17. The molecule has 1 aliphatic carbocycles. The van der Waals surface area contributed by atoms with Crippen molar-refractivity contribution in [3.05, 3.63) is 36.0 Å². The number of amides is 1. The van der Waals surface area contributed by atoms with Crippen LogP contribution in [0.3, 0.4) is 0 Å². The largest absolute Gasteiger partial charge is 0.398 e. The average molecular weight is 283 g/mol. The Morgan fingerprint density at radius 3 is 2.81 bits per heavy atom. The second kappa shape index (κ2) is 5.72. The molecule has 1 heterocycles. The van der Waals surface area contributed by atoms with Crippen LogP contribution in [0.4, 0.5) is 5.69 Å². The lowest BCUT2D eigenvalue weighted by Gasteiger charge is -2.20. The average Bonchev–Trinajstić information content (AvgIpc) is 3.01. The number of fused-ring (bicyclic) bond motifs is 1. The number of benzene rings is 1. The standard InChI is InChI=1S/C17H21N3O/c1-11(12-6-2-3-7-12)19-17(21)16-10-14(18)13-8-4-5-9-15(13)20-16/h4-5,8-12H,2-3,6-7H2,1H3,(H2,18,20)(H,19,21)/t11-/m1/s1. The zero-order valence-electron chi connectivity index (χ0n) is 12.3. The minimum absolute atomic E-state index is 0.133. The SMILES string of the molecule is C[C@@H](NC(=O)c1cc(N)c2ccccc2n1)C1CCCC1. The molecule has 1 aromatic carbocycles. The molecular weight excluding hydrogens is 262 g/mol. The zero-order chi connectivity index (χ0) is 14.8. The maximum absolute atomic E-state index is 12.4. The molecule has 0 bridgehead atoms. The van der Waals surface area contributed by atoms with Crippen LogP contribution in [0.2, 0.25) is 0 Å². The van der Waals surface area contributed by atoms with E-state index in [4.69, 9.17) is 5.73 Å². The molecule has 0 aliphatic heterocycles. The lowest BCUT2D eigenvalue weighted by Crippen LogP contribution is -2.37. The van der Waals surface area contributed by atoms with Gasteiger partial charge in [-0.25, -0.2) is 4.98 Å². The second-order valence-corrected chi connectivity index (χ2v) is 5.92. The molecular formula is C17H21N3O. The molecule has 0 saturated heterocycles. The predicted octanol–water partition coefficient (Wildman–Crippen LogP) is 3.13. The Hall–Kier alpha value is -2.10. The highest BCUT2D eigenvalue weighted by atomic mass is 16.1. The third-order valence-corrected chi connectivity index (χ3v) is 4.45. The molecule has 1 aliphatic rings. The summed E-state index contributed by atoms with van der Waals surface area (Å²) in [7, 11) is 0. The van der Waals surface area contributed by atoms with E-state index in [2.05, 4.69) is 17.2 Å². The van der Waals surface area contributed by atoms with Crippen molar-refractivity contribution in [2.24, 2.45) is 5.92 Å². The Morgan fingerprint density at radius 2 is 2.05 bits per heavy atom. The number of nitrogens with two attached hydrogens (primary N) is 1. The van der Waals surface area contributed by atoms with Gasteiger partial charge in [0.05, 0.1) is 5.52 Å². The number of carbonyl (C=O) groups is 1. The van der Waals surface area contributed by atoms with E-state index in [0.717, 1.165) is 10.9 Å². The van der Waals surface area contributed by atoms with Crippen LogP contribution in [0.25, 0.3) is 10.9 Å². The first kappa shape index (κ1) is 13.9. The first-order valence-corrected chi connectivity index (χ1v) is 7.61. The summed E-state index contributed by atoms with van der Waals surface area (Å²) in [6.07, 6.45) is 4.95. The fraction of sp³-hybridized carbons (Fsp3) is 0.412. The molecule has 1 fully saturated rings. The number of para-hydroxylation sites is 1. The fourth-order valence-corrected chi connectivity index (χ4v) is 3.17. The summed E-state index contributed by atoms with van der Waals surface area (Å²) in [5, 5.41) is 3.96. The number of aromatic nitrogens is 1. The minimum Gasteiger partial charge on any atom is -0.398 e. The smallest absolute Gasteiger partial charge is 0.270 e. The monoisotopic (exact) mass is 283 g/mol. The van der Waals surface area contributed by atoms with Crippen molar-refractivity contribution < 1.29 is 4.79 Å². The highest BCUT2D eigenvalue weighted by molar-refractivity contribution is 5.99. The van der Waals surface area contributed by atoms with Gasteiger partial charge in [-0.15, -0.1) is 0 Å². The highest BCUT2D eigenvalue weighted by Gasteiger charge is 2.23. The van der Waals surface area contributed by atoms with Gasteiger partial charge in [-0.05, 0) is 37.8 Å². The first-order valence-electron chi connectivity index (χ1n) is 7.61.